The Morgan fingerprint density at radius 2 is 2.47 bits per heavy atom. The fraction of sp³-hybridized carbons (Fsp3) is 0.417. The quantitative estimate of drug-likeness (QED) is 0.719. The SMILES string of the molecule is Cc1ncc2n1CC(c1cccs1)CC2. The highest BCUT2D eigenvalue weighted by atomic mass is 32.1. The molecule has 0 bridgehead atoms. The molecule has 3 heterocycles. The molecule has 0 fully saturated rings. The van der Waals surface area contributed by atoms with Crippen molar-refractivity contribution in [1.29, 1.82) is 0 Å². The molecule has 1 aliphatic rings. The van der Waals surface area contributed by atoms with Crippen LogP contribution in [0.3, 0.4) is 0 Å². The fourth-order valence-corrected chi connectivity index (χ4v) is 3.21. The molecular formula is C12H14N2S. The van der Waals surface area contributed by atoms with Crippen LogP contribution in [0.25, 0.3) is 0 Å². The number of aromatic nitrogens is 2. The Hall–Kier alpha value is -1.09. The number of thiophene rings is 1. The van der Waals surface area contributed by atoms with Gasteiger partial charge in [-0.2, -0.15) is 0 Å². The van der Waals surface area contributed by atoms with Crippen molar-refractivity contribution in [2.75, 3.05) is 0 Å². The highest BCUT2D eigenvalue weighted by Gasteiger charge is 2.21. The summed E-state index contributed by atoms with van der Waals surface area (Å²) in [4.78, 5) is 5.90. The second-order valence-corrected chi connectivity index (χ2v) is 5.14. The van der Waals surface area contributed by atoms with Crippen molar-refractivity contribution in [2.24, 2.45) is 0 Å². The van der Waals surface area contributed by atoms with Gasteiger partial charge in [0.1, 0.15) is 5.82 Å². The molecule has 3 heteroatoms. The average Bonchev–Trinajstić information content (AvgIpc) is 2.88. The molecule has 0 aliphatic carbocycles. The number of aryl methyl sites for hydroxylation is 2. The predicted molar refractivity (Wildman–Crippen MR) is 62.3 cm³/mol. The van der Waals surface area contributed by atoms with Crippen molar-refractivity contribution in [2.45, 2.75) is 32.2 Å². The molecule has 0 N–H and O–H groups in total. The summed E-state index contributed by atoms with van der Waals surface area (Å²) in [5.74, 6) is 1.86. The number of rotatable bonds is 1. The monoisotopic (exact) mass is 218 g/mol. The van der Waals surface area contributed by atoms with Crippen LogP contribution in [0.15, 0.2) is 23.7 Å². The van der Waals surface area contributed by atoms with Gasteiger partial charge in [0, 0.05) is 29.2 Å². The number of hydrogen-bond acceptors (Lipinski definition) is 2. The van der Waals surface area contributed by atoms with E-state index in [4.69, 9.17) is 0 Å². The maximum Gasteiger partial charge on any atom is 0.105 e. The van der Waals surface area contributed by atoms with E-state index in [2.05, 4.69) is 34.0 Å². The lowest BCUT2D eigenvalue weighted by molar-refractivity contribution is 0.461. The van der Waals surface area contributed by atoms with E-state index in [0.29, 0.717) is 5.92 Å². The van der Waals surface area contributed by atoms with Crippen molar-refractivity contribution in [1.82, 2.24) is 9.55 Å². The molecule has 3 rings (SSSR count). The molecule has 0 amide bonds. The van der Waals surface area contributed by atoms with E-state index in [1.807, 2.05) is 17.5 Å². The Morgan fingerprint density at radius 1 is 1.53 bits per heavy atom. The third kappa shape index (κ3) is 1.51. The van der Waals surface area contributed by atoms with Crippen LogP contribution in [0.1, 0.15) is 28.7 Å². The average molecular weight is 218 g/mol. The molecule has 1 aliphatic heterocycles. The molecule has 0 saturated carbocycles. The Balaban J connectivity index is 1.91. The molecule has 0 radical (unpaired) electrons. The van der Waals surface area contributed by atoms with E-state index in [9.17, 15) is 0 Å². The van der Waals surface area contributed by atoms with Gasteiger partial charge < -0.3 is 4.57 Å². The van der Waals surface area contributed by atoms with Crippen LogP contribution in [-0.4, -0.2) is 9.55 Å². The van der Waals surface area contributed by atoms with Gasteiger partial charge in [-0.05, 0) is 31.2 Å². The summed E-state index contributed by atoms with van der Waals surface area (Å²) in [5, 5.41) is 2.17. The van der Waals surface area contributed by atoms with Gasteiger partial charge in [-0.25, -0.2) is 4.98 Å². The van der Waals surface area contributed by atoms with Crippen LogP contribution in [-0.2, 0) is 13.0 Å². The summed E-state index contributed by atoms with van der Waals surface area (Å²) >= 11 is 1.88. The topological polar surface area (TPSA) is 17.8 Å². The van der Waals surface area contributed by atoms with Crippen molar-refractivity contribution in [3.05, 3.63) is 40.1 Å². The molecule has 15 heavy (non-hydrogen) atoms. The third-order valence-electron chi connectivity index (χ3n) is 3.24. The second-order valence-electron chi connectivity index (χ2n) is 4.16. The van der Waals surface area contributed by atoms with Crippen LogP contribution >= 0.6 is 11.3 Å². The normalized spacial score (nSPS) is 20.2. The first-order chi connectivity index (χ1) is 7.34. The lowest BCUT2D eigenvalue weighted by atomic mass is 9.96. The summed E-state index contributed by atoms with van der Waals surface area (Å²) in [6.07, 6.45) is 4.47. The molecule has 78 valence electrons. The smallest absolute Gasteiger partial charge is 0.105 e. The molecular weight excluding hydrogens is 204 g/mol. The second kappa shape index (κ2) is 3.49. The lowest BCUT2D eigenvalue weighted by Gasteiger charge is -2.24. The zero-order valence-corrected chi connectivity index (χ0v) is 9.63. The Kier molecular flexibility index (Phi) is 2.13. The first-order valence-electron chi connectivity index (χ1n) is 5.39. The first-order valence-corrected chi connectivity index (χ1v) is 6.27. The Labute approximate surface area is 93.6 Å². The van der Waals surface area contributed by atoms with Gasteiger partial charge in [0.25, 0.3) is 0 Å². The number of nitrogens with zero attached hydrogens (tertiary/aromatic N) is 2. The standard InChI is InChI=1S/C12H14N2S/c1-9-13-7-11-5-4-10(8-14(9)11)12-3-2-6-15-12/h2-3,6-7,10H,4-5,8H2,1H3. The van der Waals surface area contributed by atoms with Gasteiger partial charge in [0.15, 0.2) is 0 Å². The molecule has 0 aromatic carbocycles. The Bertz CT molecular complexity index is 456. The van der Waals surface area contributed by atoms with Crippen LogP contribution in [0.4, 0.5) is 0 Å². The summed E-state index contributed by atoms with van der Waals surface area (Å²) in [6, 6.07) is 4.41. The minimum absolute atomic E-state index is 0.699. The lowest BCUT2D eigenvalue weighted by Crippen LogP contribution is -2.18. The Morgan fingerprint density at radius 3 is 3.27 bits per heavy atom. The predicted octanol–water partition coefficient (Wildman–Crippen LogP) is 2.98. The van der Waals surface area contributed by atoms with Gasteiger partial charge in [-0.3, -0.25) is 0 Å². The van der Waals surface area contributed by atoms with Gasteiger partial charge >= 0.3 is 0 Å². The van der Waals surface area contributed by atoms with Crippen LogP contribution in [0.2, 0.25) is 0 Å². The summed E-state index contributed by atoms with van der Waals surface area (Å²) < 4.78 is 2.37. The van der Waals surface area contributed by atoms with Crippen LogP contribution < -0.4 is 0 Å². The van der Waals surface area contributed by atoms with E-state index < -0.39 is 0 Å². The molecule has 1 atom stereocenters. The molecule has 2 aromatic heterocycles. The third-order valence-corrected chi connectivity index (χ3v) is 4.27. The number of fused-ring (bicyclic) bond motifs is 1. The van der Waals surface area contributed by atoms with Gasteiger partial charge in [0.2, 0.25) is 0 Å². The number of imidazole rings is 1. The maximum atomic E-state index is 4.38. The zero-order chi connectivity index (χ0) is 10.3. The first kappa shape index (κ1) is 9.16. The zero-order valence-electron chi connectivity index (χ0n) is 8.81. The van der Waals surface area contributed by atoms with Gasteiger partial charge in [-0.15, -0.1) is 11.3 Å². The minimum atomic E-state index is 0.699. The van der Waals surface area contributed by atoms with E-state index >= 15 is 0 Å². The van der Waals surface area contributed by atoms with E-state index in [1.54, 1.807) is 0 Å². The van der Waals surface area contributed by atoms with E-state index in [1.165, 1.54) is 23.4 Å². The molecule has 1 unspecified atom stereocenters. The fourth-order valence-electron chi connectivity index (χ4n) is 2.35. The number of hydrogen-bond donors (Lipinski definition) is 0. The minimum Gasteiger partial charge on any atom is -0.332 e. The highest BCUT2D eigenvalue weighted by Crippen LogP contribution is 2.31. The van der Waals surface area contributed by atoms with Crippen molar-refractivity contribution in [3.8, 4) is 0 Å². The van der Waals surface area contributed by atoms with Crippen LogP contribution in [0.5, 0.6) is 0 Å². The van der Waals surface area contributed by atoms with Crippen molar-refractivity contribution >= 4 is 11.3 Å². The van der Waals surface area contributed by atoms with Crippen LogP contribution in [0, 0.1) is 6.92 Å². The maximum absolute atomic E-state index is 4.38. The van der Waals surface area contributed by atoms with E-state index in [-0.39, 0.29) is 0 Å². The molecule has 2 nitrogen and oxygen atoms in total. The highest BCUT2D eigenvalue weighted by molar-refractivity contribution is 7.10. The van der Waals surface area contributed by atoms with Crippen molar-refractivity contribution < 1.29 is 0 Å². The summed E-state index contributed by atoms with van der Waals surface area (Å²) in [5.41, 5.74) is 1.40. The largest absolute Gasteiger partial charge is 0.332 e. The van der Waals surface area contributed by atoms with E-state index in [0.717, 1.165) is 12.4 Å². The molecule has 0 saturated heterocycles. The molecule has 0 spiro atoms. The summed E-state index contributed by atoms with van der Waals surface area (Å²) in [7, 11) is 0. The van der Waals surface area contributed by atoms with Gasteiger partial charge in [0.05, 0.1) is 0 Å². The van der Waals surface area contributed by atoms with Crippen molar-refractivity contribution in [3.63, 3.8) is 0 Å². The molecule has 2 aromatic rings. The van der Waals surface area contributed by atoms with Gasteiger partial charge in [-0.1, -0.05) is 6.07 Å². The summed E-state index contributed by atoms with van der Waals surface area (Å²) in [6.45, 7) is 3.21.